The SMILES string of the molecule is C=C(C)C(=O)OCCN1C(=O)C(=C/C=C2/N(CCN3C(=O)/C(=C\C=C4\N(C)c5ccccc5C4(C)C)C(=O)N(CCCN4C(=O)/C(=C\C=C5\N(C)c6ccccc6C5(C)C)C(=O)N(CCN5/C(=C/C=C6C(=O)N(CCOC(=O)C(=C)C)C(=O)N(CCOC(=O)C(=C)C)C6=O)C(C)(C)c6ccccc65)C4=O)C3=O)c3ccccc3C2(C)C)C(=O)N(CCOC(=O)C(=C)C)C1=O. The smallest absolute Gasteiger partial charge is 0.334 e. The summed E-state index contributed by atoms with van der Waals surface area (Å²) in [6.07, 6.45) is 11.2. The van der Waals surface area contributed by atoms with E-state index in [-0.39, 0.29) is 41.8 Å². The highest BCUT2D eigenvalue weighted by atomic mass is 16.5. The summed E-state index contributed by atoms with van der Waals surface area (Å²) in [5, 5.41) is 0. The molecular weight excluding hydrogens is 1650 g/mol. The van der Waals surface area contributed by atoms with E-state index in [2.05, 4.69) is 26.3 Å². The highest BCUT2D eigenvalue weighted by molar-refractivity contribution is 6.31. The van der Waals surface area contributed by atoms with Crippen LogP contribution >= 0.6 is 0 Å². The van der Waals surface area contributed by atoms with Gasteiger partial charge < -0.3 is 38.5 Å². The van der Waals surface area contributed by atoms with Crippen LogP contribution in [0.4, 0.5) is 41.9 Å². The van der Waals surface area contributed by atoms with E-state index in [1.54, 1.807) is 58.4 Å². The molecule has 0 atom stereocenters. The Morgan fingerprint density at radius 2 is 0.465 bits per heavy atom. The number of imide groups is 8. The number of barbiturate groups is 4. The monoisotopic (exact) mass is 1760 g/mol. The normalized spacial score (nSPS) is 20.0. The van der Waals surface area contributed by atoms with Gasteiger partial charge in [0.15, 0.2) is 0 Å². The lowest BCUT2D eigenvalue weighted by Crippen LogP contribution is -2.59. The number of fused-ring (bicyclic) bond motifs is 4. The summed E-state index contributed by atoms with van der Waals surface area (Å²) in [4.78, 5) is 243. The summed E-state index contributed by atoms with van der Waals surface area (Å²) in [5.41, 5.74) is 3.53. The summed E-state index contributed by atoms with van der Waals surface area (Å²) in [5.74, 6) is -11.4. The maximum Gasteiger partial charge on any atom is 0.334 e. The Morgan fingerprint density at radius 3 is 0.705 bits per heavy atom. The molecule has 0 spiro atoms. The number of likely N-dealkylation sites (N-methyl/N-ethyl adjacent to an activating group) is 2. The number of rotatable bonds is 30. The second kappa shape index (κ2) is 37.1. The molecule has 16 amide bonds. The Labute approximate surface area is 747 Å². The molecule has 0 N–H and O–H groups in total. The standard InChI is InChI=1S/C97H104N12O20/c1-58(2)86(118)126-54-50-106-82(114)64(83(115)107(92(106)124)51-55-127-87(119)59(3)4)38-42-76-96(13,14)68-30-21-25-34-72(68)100(76)46-48-104-80(112)62(36-40-74-94(9,10)66-28-19-23-32-70(66)98(74)17)78(110)102(90(104)122)44-27-45-103-79(111)63(37-41-75-95(11,12)67-29-20-24-33-71(67)99(75)18)81(113)105(91(103)123)49-47-101-73-35-26-22-31-69(73)97(15,16)77(101)43-39-65-84(116)108(52-56-128-88(120)60(5)6)93(125)109(85(65)117)53-57-129-89(121)61(7)8/h19-26,28-43H,1,3,5,7,27,44-57H2,2,4,6,8-18H3/b62-36-,63-37+,74-40+,75-41+,76-42+,77-43+. The maximum absolute atomic E-state index is 15.6. The van der Waals surface area contributed by atoms with Crippen LogP contribution in [0.1, 0.15) is 112 Å². The lowest BCUT2D eigenvalue weighted by molar-refractivity contribution is -0.144. The van der Waals surface area contributed by atoms with Gasteiger partial charge in [-0.2, -0.15) is 0 Å². The summed E-state index contributed by atoms with van der Waals surface area (Å²) in [7, 11) is 3.69. The van der Waals surface area contributed by atoms with E-state index >= 15 is 28.8 Å². The summed E-state index contributed by atoms with van der Waals surface area (Å²) in [6.45, 7) is 29.2. The Balaban J connectivity index is 0.882. The number of urea groups is 4. The number of ether oxygens (including phenoxy) is 4. The molecule has 8 heterocycles. The molecule has 12 rings (SSSR count). The van der Waals surface area contributed by atoms with Gasteiger partial charge in [-0.1, -0.05) is 155 Å². The van der Waals surface area contributed by atoms with Gasteiger partial charge in [0.25, 0.3) is 47.3 Å². The maximum atomic E-state index is 15.6. The number of nitrogens with zero attached hydrogens (tertiary/aromatic N) is 12. The highest BCUT2D eigenvalue weighted by Crippen LogP contribution is 2.52. The van der Waals surface area contributed by atoms with E-state index in [1.807, 2.05) is 140 Å². The van der Waals surface area contributed by atoms with Gasteiger partial charge in [-0.3, -0.25) is 77.6 Å². The predicted molar refractivity (Wildman–Crippen MR) is 477 cm³/mol. The van der Waals surface area contributed by atoms with Crippen molar-refractivity contribution in [3.05, 3.63) is 262 Å². The van der Waals surface area contributed by atoms with Crippen LogP contribution in [0.5, 0.6) is 0 Å². The minimum absolute atomic E-state index is 0.0456. The third-order valence-corrected chi connectivity index (χ3v) is 24.2. The number of hydrogen-bond acceptors (Lipinski definition) is 24. The number of esters is 4. The molecule has 4 saturated heterocycles. The number of para-hydroxylation sites is 4. The molecule has 8 aliphatic heterocycles. The zero-order valence-electron chi connectivity index (χ0n) is 74.8. The topological polar surface area (TPSA) is 349 Å². The van der Waals surface area contributed by atoms with E-state index < -0.39 is 218 Å². The van der Waals surface area contributed by atoms with Crippen LogP contribution in [0, 0.1) is 0 Å². The molecule has 8 aliphatic rings. The lowest BCUT2D eigenvalue weighted by atomic mass is 9.83. The van der Waals surface area contributed by atoms with Gasteiger partial charge in [0.2, 0.25) is 0 Å². The quantitative estimate of drug-likeness (QED) is 0.0202. The van der Waals surface area contributed by atoms with Crippen molar-refractivity contribution in [1.82, 2.24) is 39.2 Å². The highest BCUT2D eigenvalue weighted by Gasteiger charge is 2.51. The zero-order chi connectivity index (χ0) is 94.1. The Kier molecular flexibility index (Phi) is 26.8. The minimum atomic E-state index is -1.08. The first-order valence-corrected chi connectivity index (χ1v) is 42.0. The van der Waals surface area contributed by atoms with E-state index in [9.17, 15) is 47.9 Å². The van der Waals surface area contributed by atoms with Gasteiger partial charge in [0.05, 0.1) is 26.2 Å². The molecule has 0 saturated carbocycles. The first-order chi connectivity index (χ1) is 60.9. The fourth-order valence-electron chi connectivity index (χ4n) is 17.2. The largest absolute Gasteiger partial charge is 0.460 e. The third-order valence-electron chi connectivity index (χ3n) is 24.2. The van der Waals surface area contributed by atoms with E-state index in [1.165, 1.54) is 64.2 Å². The van der Waals surface area contributed by atoms with Crippen LogP contribution in [0.25, 0.3) is 0 Å². The van der Waals surface area contributed by atoms with Crippen molar-refractivity contribution in [2.45, 2.75) is 111 Å². The second-order valence-corrected chi connectivity index (χ2v) is 34.3. The minimum Gasteiger partial charge on any atom is -0.460 e. The summed E-state index contributed by atoms with van der Waals surface area (Å²) in [6, 6.07) is 25.5. The predicted octanol–water partition coefficient (Wildman–Crippen LogP) is 10.7. The second-order valence-electron chi connectivity index (χ2n) is 34.3. The number of carbonyl (C=O) groups is 16. The van der Waals surface area contributed by atoms with Crippen LogP contribution in [0.3, 0.4) is 0 Å². The molecular formula is C97H104N12O20. The van der Waals surface area contributed by atoms with Crippen LogP contribution in [-0.4, -0.2) is 240 Å². The number of allylic oxidation sites excluding steroid dienone is 12. The van der Waals surface area contributed by atoms with Gasteiger partial charge in [-0.25, -0.2) is 38.4 Å². The van der Waals surface area contributed by atoms with Crippen molar-refractivity contribution >= 4 is 118 Å². The average Bonchev–Trinajstić information content (AvgIpc) is 1.57. The summed E-state index contributed by atoms with van der Waals surface area (Å²) < 4.78 is 21.0. The van der Waals surface area contributed by atoms with Crippen molar-refractivity contribution < 1.29 is 95.7 Å². The fourth-order valence-corrected chi connectivity index (χ4v) is 17.2. The van der Waals surface area contributed by atoms with Crippen molar-refractivity contribution in [1.29, 1.82) is 0 Å². The third kappa shape index (κ3) is 17.7. The number of hydrogen-bond donors (Lipinski definition) is 0. The molecule has 0 bridgehead atoms. The fraction of sp³-hybridized carbons (Fsp3) is 0.340. The van der Waals surface area contributed by atoms with Crippen LogP contribution in [-0.2, 0) is 98.1 Å². The van der Waals surface area contributed by atoms with E-state index in [0.717, 1.165) is 53.2 Å². The van der Waals surface area contributed by atoms with Gasteiger partial charge in [-0.15, -0.1) is 0 Å². The molecule has 4 aromatic rings. The van der Waals surface area contributed by atoms with Crippen molar-refractivity contribution in [2.24, 2.45) is 0 Å². The van der Waals surface area contributed by atoms with Gasteiger partial charge in [0.1, 0.15) is 48.7 Å². The van der Waals surface area contributed by atoms with E-state index in [0.29, 0.717) is 53.8 Å². The van der Waals surface area contributed by atoms with E-state index in [4.69, 9.17) is 18.9 Å². The molecule has 4 aromatic carbocycles. The van der Waals surface area contributed by atoms with Crippen LogP contribution in [0.15, 0.2) is 239 Å². The molecule has 0 unspecified atom stereocenters. The molecule has 32 nitrogen and oxygen atoms in total. The molecule has 4 fully saturated rings. The number of benzene rings is 4. The summed E-state index contributed by atoms with van der Waals surface area (Å²) >= 11 is 0. The lowest BCUT2D eigenvalue weighted by Gasteiger charge is -2.37. The van der Waals surface area contributed by atoms with Gasteiger partial charge in [-0.05, 0) is 129 Å². The molecule has 0 aliphatic carbocycles. The molecule has 0 aromatic heterocycles. The Hall–Kier alpha value is -14.7. The first-order valence-electron chi connectivity index (χ1n) is 42.0. The zero-order valence-corrected chi connectivity index (χ0v) is 74.8. The van der Waals surface area contributed by atoms with Gasteiger partial charge in [0, 0.05) is 143 Å². The molecule has 0 radical (unpaired) electrons. The van der Waals surface area contributed by atoms with Crippen LogP contribution < -0.4 is 19.6 Å². The first kappa shape index (κ1) is 93.4. The number of amides is 16. The molecule has 672 valence electrons. The molecule has 129 heavy (non-hydrogen) atoms. The van der Waals surface area contributed by atoms with Gasteiger partial charge >= 0.3 is 48.0 Å². The van der Waals surface area contributed by atoms with Crippen molar-refractivity contribution in [2.75, 3.05) is 126 Å². The number of anilines is 4. The Bertz CT molecular complexity index is 5380. The molecule has 32 heteroatoms. The van der Waals surface area contributed by atoms with Crippen molar-refractivity contribution in [3.63, 3.8) is 0 Å². The Morgan fingerprint density at radius 1 is 0.271 bits per heavy atom. The van der Waals surface area contributed by atoms with Crippen LogP contribution in [0.2, 0.25) is 0 Å². The van der Waals surface area contributed by atoms with Crippen molar-refractivity contribution in [3.8, 4) is 0 Å². The average molecular weight is 1760 g/mol. The number of carbonyl (C=O) groups excluding carboxylic acids is 16.